The zero-order valence-corrected chi connectivity index (χ0v) is 57.1. The van der Waals surface area contributed by atoms with Gasteiger partial charge in [-0.15, -0.1) is 0 Å². The highest BCUT2D eigenvalue weighted by atomic mass is 16.7. The van der Waals surface area contributed by atoms with Crippen LogP contribution < -0.4 is 20.7 Å². The Morgan fingerprint density at radius 2 is 1.06 bits per heavy atom. The minimum absolute atomic E-state index is 0.103. The Bertz CT molecular complexity index is 3170. The smallest absolute Gasteiger partial charge is 0.340 e. The molecule has 1 spiro atoms. The molecule has 0 aromatic heterocycles. The summed E-state index contributed by atoms with van der Waals surface area (Å²) >= 11 is 0. The average molecular weight is 1400 g/mol. The van der Waals surface area contributed by atoms with Crippen molar-refractivity contribution in [1.29, 1.82) is 0 Å². The highest BCUT2D eigenvalue weighted by molar-refractivity contribution is 6.00. The zero-order chi connectivity index (χ0) is 71.6. The molecule has 3 aromatic rings. The number of methoxy groups -OCH3 is 4. The van der Waals surface area contributed by atoms with Gasteiger partial charge in [-0.25, -0.2) is 9.59 Å². The third-order valence-corrected chi connectivity index (χ3v) is 18.9. The van der Waals surface area contributed by atoms with Gasteiger partial charge in [-0.3, -0.25) is 14.4 Å². The molecule has 6 aliphatic rings. The molecule has 6 aliphatic heterocycles. The topological polar surface area (TPSA) is 411 Å². The predicted octanol–water partition coefficient (Wildman–Crippen LogP) is 3.00. The quantitative estimate of drug-likeness (QED) is 0.0244. The molecule has 0 bridgehead atoms. The maximum Gasteiger partial charge on any atom is 0.340 e. The molecule has 31 nitrogen and oxygen atoms in total. The number of carbonyl (C=O) groups is 5. The summed E-state index contributed by atoms with van der Waals surface area (Å²) < 4.78 is 94.7. The lowest BCUT2D eigenvalue weighted by Gasteiger charge is -2.47. The molecule has 9 rings (SSSR count). The fourth-order valence-corrected chi connectivity index (χ4v) is 13.6. The molecule has 4 fully saturated rings. The lowest BCUT2D eigenvalue weighted by Crippen LogP contribution is -2.64. The number of phenols is 2. The summed E-state index contributed by atoms with van der Waals surface area (Å²) in [6.07, 6.45) is -15.5. The number of amides is 3. The number of nitrogens with one attached hydrogen (secondary N) is 3. The van der Waals surface area contributed by atoms with Gasteiger partial charge < -0.3 is 127 Å². The Kier molecular flexibility index (Phi) is 26.8. The van der Waals surface area contributed by atoms with E-state index in [0.717, 1.165) is 12.8 Å². The third kappa shape index (κ3) is 18.3. The molecule has 3 aromatic carbocycles. The van der Waals surface area contributed by atoms with Crippen LogP contribution in [0.1, 0.15) is 107 Å². The number of phenolic OH excluding ortho intramolecular Hbond substituents is 2. The van der Waals surface area contributed by atoms with Crippen LogP contribution in [0.25, 0.3) is 0 Å². The lowest BCUT2D eigenvalue weighted by molar-refractivity contribution is -0.311. The number of ether oxygens (including phenoxy) is 16. The number of carboxylic acids is 1. The van der Waals surface area contributed by atoms with Gasteiger partial charge in [0.15, 0.2) is 55.5 Å². The summed E-state index contributed by atoms with van der Waals surface area (Å²) in [5.74, 6) is -4.04. The third-order valence-electron chi connectivity index (χ3n) is 18.9. The molecule has 0 aliphatic carbocycles. The van der Waals surface area contributed by atoms with Crippen LogP contribution in [-0.4, -0.2) is 244 Å². The van der Waals surface area contributed by atoms with Crippen LogP contribution in [0.15, 0.2) is 54.6 Å². The number of aliphatic carboxylic acids is 1. The summed E-state index contributed by atoms with van der Waals surface area (Å²) in [7, 11) is 5.36. The zero-order valence-electron chi connectivity index (χ0n) is 57.1. The number of anilines is 1. The van der Waals surface area contributed by atoms with Crippen molar-refractivity contribution in [3.8, 4) is 23.0 Å². The van der Waals surface area contributed by atoms with Crippen molar-refractivity contribution >= 4 is 35.3 Å². The van der Waals surface area contributed by atoms with E-state index in [0.29, 0.717) is 42.7 Å². The van der Waals surface area contributed by atoms with E-state index in [9.17, 15) is 59.7 Å². The Hall–Kier alpha value is -6.31. The fraction of sp³-hybridized carbons (Fsp3) is 0.662. The predicted molar refractivity (Wildman–Crippen MR) is 341 cm³/mol. The minimum atomic E-state index is -1.55. The van der Waals surface area contributed by atoms with Crippen LogP contribution in [0, 0.1) is 23.7 Å². The number of aliphatic hydroxyl groups is 4. The molecular weight excluding hydrogens is 1310 g/mol. The first-order valence-corrected chi connectivity index (χ1v) is 33.2. The van der Waals surface area contributed by atoms with E-state index in [-0.39, 0.29) is 85.4 Å². The van der Waals surface area contributed by atoms with E-state index < -0.39 is 158 Å². The summed E-state index contributed by atoms with van der Waals surface area (Å²) in [6, 6.07) is 11.6. The van der Waals surface area contributed by atoms with E-state index in [4.69, 9.17) is 75.8 Å². The van der Waals surface area contributed by atoms with Crippen LogP contribution in [0.4, 0.5) is 5.69 Å². The maximum absolute atomic E-state index is 14.3. The van der Waals surface area contributed by atoms with Crippen molar-refractivity contribution < 1.29 is 136 Å². The number of benzene rings is 3. The number of fused-ring (bicyclic) bond motifs is 6. The molecule has 0 radical (unpaired) electrons. The van der Waals surface area contributed by atoms with Crippen LogP contribution in [0.3, 0.4) is 0 Å². The van der Waals surface area contributed by atoms with Gasteiger partial charge in [0.1, 0.15) is 47.3 Å². The van der Waals surface area contributed by atoms with Crippen molar-refractivity contribution in [3.63, 3.8) is 0 Å². The molecular formula is C68H95N3O28. The Balaban J connectivity index is 0.700. The van der Waals surface area contributed by atoms with Gasteiger partial charge in [-0.2, -0.15) is 0 Å². The molecule has 3 amide bonds. The first-order valence-electron chi connectivity index (χ1n) is 33.2. The van der Waals surface area contributed by atoms with E-state index in [1.807, 2.05) is 0 Å². The molecule has 550 valence electrons. The molecule has 10 N–H and O–H groups in total. The van der Waals surface area contributed by atoms with Crippen LogP contribution in [0.5, 0.6) is 23.0 Å². The second-order valence-corrected chi connectivity index (χ2v) is 26.1. The number of rotatable bonds is 32. The molecule has 31 heteroatoms. The molecule has 22 unspecified atom stereocenters. The van der Waals surface area contributed by atoms with E-state index >= 15 is 0 Å². The number of carbonyl (C=O) groups excluding carboxylic acids is 4. The fourth-order valence-electron chi connectivity index (χ4n) is 13.6. The summed E-state index contributed by atoms with van der Waals surface area (Å²) in [5, 5.41) is 82.7. The number of esters is 1. The normalized spacial score (nSPS) is 31.3. The molecule has 22 atom stereocenters. The molecule has 0 saturated carbocycles. The Morgan fingerprint density at radius 3 is 1.51 bits per heavy atom. The van der Waals surface area contributed by atoms with Gasteiger partial charge >= 0.3 is 11.9 Å². The standard InChI is InChI=1S/C68H95N3O28/c1-32(11-12-33(2)20-22-89-31-52(79)91-29-50-35(4)58(56(70-37(6)73)67(87-10)94-50)96-54-27-46(77)60(85-8)62(98-54)64(81)82)19-21-88-30-51(78)90-28-49-34(3)57(55(69-36(5)72)66(86-9)93-49)95-53-26-45(76)59(84-7)61(97-53)63(80)71-38-13-16-42-41(23-38)65(83)99-68(42)43-17-14-39(74)24-47(43)92-48-25-40(75)15-18-44(48)68/h13-18,23-25,32-35,45-46,49-62,66-67,74-79H,11-12,19-22,26-31H2,1-10H3,(H,69,72)(H,70,73)(H,71,80)(H,81,82). The largest absolute Gasteiger partial charge is 0.508 e. The molecule has 6 heterocycles. The highest BCUT2D eigenvalue weighted by Crippen LogP contribution is 2.57. The van der Waals surface area contributed by atoms with Gasteiger partial charge in [-0.05, 0) is 61.1 Å². The maximum atomic E-state index is 14.3. The van der Waals surface area contributed by atoms with Crippen LogP contribution in [0.2, 0.25) is 0 Å². The second kappa shape index (κ2) is 34.6. The minimum Gasteiger partial charge on any atom is -0.508 e. The Morgan fingerprint density at radius 1 is 0.606 bits per heavy atom. The van der Waals surface area contributed by atoms with Crippen molar-refractivity contribution in [2.45, 2.75) is 197 Å². The average Bonchev–Trinajstić information content (AvgIpc) is 1.59. The summed E-state index contributed by atoms with van der Waals surface area (Å²) in [6.45, 7) is 10.6. The van der Waals surface area contributed by atoms with E-state index in [2.05, 4.69) is 29.8 Å². The summed E-state index contributed by atoms with van der Waals surface area (Å²) in [4.78, 5) is 65.0. The molecule has 4 saturated heterocycles. The number of aliphatic hydroxyl groups excluding tert-OH is 4. The van der Waals surface area contributed by atoms with Crippen molar-refractivity contribution in [3.05, 3.63) is 76.9 Å². The first-order chi connectivity index (χ1) is 47.3. The van der Waals surface area contributed by atoms with Crippen molar-refractivity contribution in [2.75, 3.05) is 73.4 Å². The first kappa shape index (κ1) is 76.9. The Labute approximate surface area is 573 Å². The number of aromatic hydroxyl groups is 2. The van der Waals surface area contributed by atoms with Gasteiger partial charge in [-0.1, -0.05) is 46.6 Å². The van der Waals surface area contributed by atoms with Gasteiger partial charge in [0.05, 0.1) is 68.6 Å². The van der Waals surface area contributed by atoms with Gasteiger partial charge in [0.2, 0.25) is 11.8 Å². The number of hydrogen-bond acceptors (Lipinski definition) is 27. The van der Waals surface area contributed by atoms with Crippen LogP contribution >= 0.6 is 0 Å². The summed E-state index contributed by atoms with van der Waals surface area (Å²) in [5.41, 5.74) is -0.0440. The number of carboxylic acid groups (broad SMARTS) is 1. The van der Waals surface area contributed by atoms with E-state index in [1.54, 1.807) is 38.1 Å². The van der Waals surface area contributed by atoms with E-state index in [1.165, 1.54) is 72.6 Å². The lowest BCUT2D eigenvalue weighted by atomic mass is 9.77. The highest BCUT2D eigenvalue weighted by Gasteiger charge is 2.56. The van der Waals surface area contributed by atoms with Crippen molar-refractivity contribution in [1.82, 2.24) is 10.6 Å². The van der Waals surface area contributed by atoms with Gasteiger partial charge in [0.25, 0.3) is 5.91 Å². The monoisotopic (exact) mass is 1400 g/mol. The van der Waals surface area contributed by atoms with Crippen LogP contribution in [-0.2, 0) is 95.8 Å². The van der Waals surface area contributed by atoms with Gasteiger partial charge in [0, 0.05) is 115 Å². The SMILES string of the molecule is COC1OC(COC(O)COCCC(C)CCC(C)CCOCC(O)OCC2OC(OC)C(NC(C)=O)C(OC3CC(O)C(OC)C(C(=O)Nc4ccc5c(c4)C(=O)OC54c5ccc(O)cc5Oc5cc(O)ccc54)O3)C2C)C(C)C(OC2CC(O)C(OC)C(C(=O)O)O2)C1NC(C)=O. The molecule has 99 heavy (non-hydrogen) atoms. The number of hydrogen-bond donors (Lipinski definition) is 10. The van der Waals surface area contributed by atoms with Crippen molar-refractivity contribution in [2.24, 2.45) is 23.7 Å². The second-order valence-electron chi connectivity index (χ2n) is 26.1.